The first-order chi connectivity index (χ1) is 7.75. The van der Waals surface area contributed by atoms with Gasteiger partial charge in [-0.1, -0.05) is 17.7 Å². The third-order valence-electron chi connectivity index (χ3n) is 3.01. The van der Waals surface area contributed by atoms with Crippen molar-refractivity contribution in [2.45, 2.75) is 19.9 Å². The van der Waals surface area contributed by atoms with E-state index >= 15 is 0 Å². The average Bonchev–Trinajstić information content (AvgIpc) is 2.52. The van der Waals surface area contributed by atoms with Gasteiger partial charge in [-0.15, -0.1) is 0 Å². The van der Waals surface area contributed by atoms with E-state index in [0.717, 1.165) is 45.0 Å². The molecule has 1 aromatic carbocycles. The standard InChI is InChI=1S/C13H20N2O/c1-11-3-4-13(14)12(9-11)10-15-5-2-7-16-8-6-15/h3-4,9H,2,5-8,10,14H2,1H3. The van der Waals surface area contributed by atoms with E-state index in [9.17, 15) is 0 Å². The summed E-state index contributed by atoms with van der Waals surface area (Å²) in [5, 5.41) is 0. The van der Waals surface area contributed by atoms with Gasteiger partial charge in [0.15, 0.2) is 0 Å². The highest BCUT2D eigenvalue weighted by Crippen LogP contribution is 2.16. The second kappa shape index (κ2) is 5.32. The molecule has 2 rings (SSSR count). The topological polar surface area (TPSA) is 38.5 Å². The van der Waals surface area contributed by atoms with Crippen LogP contribution >= 0.6 is 0 Å². The Balaban J connectivity index is 2.04. The van der Waals surface area contributed by atoms with E-state index in [4.69, 9.17) is 10.5 Å². The van der Waals surface area contributed by atoms with E-state index in [2.05, 4.69) is 24.0 Å². The molecule has 1 saturated heterocycles. The number of nitrogens with two attached hydrogens (primary N) is 1. The van der Waals surface area contributed by atoms with Gasteiger partial charge in [0.25, 0.3) is 0 Å². The highest BCUT2D eigenvalue weighted by atomic mass is 16.5. The molecule has 0 spiro atoms. The van der Waals surface area contributed by atoms with Gasteiger partial charge in [-0.05, 0) is 25.0 Å². The van der Waals surface area contributed by atoms with Crippen molar-refractivity contribution in [3.8, 4) is 0 Å². The fourth-order valence-corrected chi connectivity index (χ4v) is 2.07. The Morgan fingerprint density at radius 3 is 3.06 bits per heavy atom. The summed E-state index contributed by atoms with van der Waals surface area (Å²) in [5.41, 5.74) is 9.40. The molecule has 1 heterocycles. The fourth-order valence-electron chi connectivity index (χ4n) is 2.07. The summed E-state index contributed by atoms with van der Waals surface area (Å²) in [6, 6.07) is 6.24. The van der Waals surface area contributed by atoms with Crippen LogP contribution in [0.1, 0.15) is 17.5 Å². The predicted octanol–water partition coefficient (Wildman–Crippen LogP) is 1.80. The van der Waals surface area contributed by atoms with Gasteiger partial charge in [0.1, 0.15) is 0 Å². The van der Waals surface area contributed by atoms with Crippen LogP contribution in [0.2, 0.25) is 0 Å². The lowest BCUT2D eigenvalue weighted by atomic mass is 10.1. The van der Waals surface area contributed by atoms with Gasteiger partial charge in [0.2, 0.25) is 0 Å². The molecular weight excluding hydrogens is 200 g/mol. The second-order valence-corrected chi connectivity index (χ2v) is 4.44. The van der Waals surface area contributed by atoms with Crippen molar-refractivity contribution in [2.24, 2.45) is 0 Å². The molecule has 1 aliphatic heterocycles. The second-order valence-electron chi connectivity index (χ2n) is 4.44. The predicted molar refractivity (Wildman–Crippen MR) is 66.3 cm³/mol. The van der Waals surface area contributed by atoms with E-state index in [1.165, 1.54) is 11.1 Å². The lowest BCUT2D eigenvalue weighted by Crippen LogP contribution is -2.26. The summed E-state index contributed by atoms with van der Waals surface area (Å²) in [6.45, 7) is 6.89. The summed E-state index contributed by atoms with van der Waals surface area (Å²) < 4.78 is 5.44. The molecule has 3 heteroatoms. The van der Waals surface area contributed by atoms with Gasteiger partial charge < -0.3 is 10.5 Å². The van der Waals surface area contributed by atoms with Gasteiger partial charge in [-0.25, -0.2) is 0 Å². The van der Waals surface area contributed by atoms with Crippen molar-refractivity contribution >= 4 is 5.69 Å². The molecule has 3 nitrogen and oxygen atoms in total. The largest absolute Gasteiger partial charge is 0.398 e. The first-order valence-electron chi connectivity index (χ1n) is 5.91. The zero-order chi connectivity index (χ0) is 11.4. The summed E-state index contributed by atoms with van der Waals surface area (Å²) in [5.74, 6) is 0. The number of benzene rings is 1. The first kappa shape index (κ1) is 11.4. The normalized spacial score (nSPS) is 18.3. The van der Waals surface area contributed by atoms with Crippen LogP contribution in [0.15, 0.2) is 18.2 Å². The third kappa shape index (κ3) is 2.97. The minimum Gasteiger partial charge on any atom is -0.398 e. The van der Waals surface area contributed by atoms with Crippen molar-refractivity contribution in [3.05, 3.63) is 29.3 Å². The molecule has 0 amide bonds. The van der Waals surface area contributed by atoms with Gasteiger partial charge in [-0.3, -0.25) is 4.90 Å². The average molecular weight is 220 g/mol. The quantitative estimate of drug-likeness (QED) is 0.772. The third-order valence-corrected chi connectivity index (χ3v) is 3.01. The molecule has 0 radical (unpaired) electrons. The number of rotatable bonds is 2. The van der Waals surface area contributed by atoms with Gasteiger partial charge in [-0.2, -0.15) is 0 Å². The number of aryl methyl sites for hydroxylation is 1. The molecule has 2 N–H and O–H groups in total. The summed E-state index contributed by atoms with van der Waals surface area (Å²) in [7, 11) is 0. The Kier molecular flexibility index (Phi) is 3.80. The van der Waals surface area contributed by atoms with Crippen LogP contribution in [-0.4, -0.2) is 31.2 Å². The highest BCUT2D eigenvalue weighted by Gasteiger charge is 2.10. The molecule has 88 valence electrons. The summed E-state index contributed by atoms with van der Waals surface area (Å²) in [4.78, 5) is 2.41. The molecule has 0 bridgehead atoms. The van der Waals surface area contributed by atoms with Crippen LogP contribution < -0.4 is 5.73 Å². The fraction of sp³-hybridized carbons (Fsp3) is 0.538. The van der Waals surface area contributed by atoms with Gasteiger partial charge in [0.05, 0.1) is 6.61 Å². The number of hydrogen-bond donors (Lipinski definition) is 1. The summed E-state index contributed by atoms with van der Waals surface area (Å²) in [6.07, 6.45) is 1.12. The molecule has 16 heavy (non-hydrogen) atoms. The van der Waals surface area contributed by atoms with Crippen LogP contribution in [0.3, 0.4) is 0 Å². The number of anilines is 1. The molecule has 0 aliphatic carbocycles. The number of ether oxygens (including phenoxy) is 1. The Hall–Kier alpha value is -1.06. The monoisotopic (exact) mass is 220 g/mol. The molecule has 0 aromatic heterocycles. The Labute approximate surface area is 97.2 Å². The van der Waals surface area contributed by atoms with E-state index in [1.807, 2.05) is 6.07 Å². The van der Waals surface area contributed by atoms with E-state index in [0.29, 0.717) is 0 Å². The van der Waals surface area contributed by atoms with Crippen LogP contribution in [0.4, 0.5) is 5.69 Å². The van der Waals surface area contributed by atoms with Crippen molar-refractivity contribution < 1.29 is 4.74 Å². The highest BCUT2D eigenvalue weighted by molar-refractivity contribution is 5.48. The lowest BCUT2D eigenvalue weighted by Gasteiger charge is -2.20. The van der Waals surface area contributed by atoms with Crippen molar-refractivity contribution in [1.29, 1.82) is 0 Å². The van der Waals surface area contributed by atoms with E-state index in [-0.39, 0.29) is 0 Å². The maximum absolute atomic E-state index is 5.99. The van der Waals surface area contributed by atoms with Gasteiger partial charge >= 0.3 is 0 Å². The minimum atomic E-state index is 0.839. The molecule has 1 aliphatic rings. The van der Waals surface area contributed by atoms with Crippen LogP contribution in [-0.2, 0) is 11.3 Å². The number of nitrogens with zero attached hydrogens (tertiary/aromatic N) is 1. The summed E-state index contributed by atoms with van der Waals surface area (Å²) >= 11 is 0. The minimum absolute atomic E-state index is 0.839. The Morgan fingerprint density at radius 2 is 2.19 bits per heavy atom. The molecule has 1 aromatic rings. The molecular formula is C13H20N2O. The molecule has 1 fully saturated rings. The lowest BCUT2D eigenvalue weighted by molar-refractivity contribution is 0.140. The van der Waals surface area contributed by atoms with Crippen molar-refractivity contribution in [1.82, 2.24) is 4.90 Å². The van der Waals surface area contributed by atoms with Crippen LogP contribution in [0.25, 0.3) is 0 Å². The molecule has 0 atom stereocenters. The van der Waals surface area contributed by atoms with Crippen LogP contribution in [0, 0.1) is 6.92 Å². The molecule has 0 unspecified atom stereocenters. The number of hydrogen-bond acceptors (Lipinski definition) is 3. The maximum Gasteiger partial charge on any atom is 0.0593 e. The van der Waals surface area contributed by atoms with Crippen molar-refractivity contribution in [2.75, 3.05) is 32.0 Å². The zero-order valence-corrected chi connectivity index (χ0v) is 9.91. The zero-order valence-electron chi connectivity index (χ0n) is 9.91. The SMILES string of the molecule is Cc1ccc(N)c(CN2CCCOCC2)c1. The maximum atomic E-state index is 5.99. The van der Waals surface area contributed by atoms with Crippen molar-refractivity contribution in [3.63, 3.8) is 0 Å². The van der Waals surface area contributed by atoms with Gasteiger partial charge in [0, 0.05) is 31.9 Å². The first-order valence-corrected chi connectivity index (χ1v) is 5.91. The Morgan fingerprint density at radius 1 is 1.31 bits per heavy atom. The smallest absolute Gasteiger partial charge is 0.0593 e. The van der Waals surface area contributed by atoms with E-state index < -0.39 is 0 Å². The molecule has 0 saturated carbocycles. The van der Waals surface area contributed by atoms with E-state index in [1.54, 1.807) is 0 Å². The number of nitrogen functional groups attached to an aromatic ring is 1. The van der Waals surface area contributed by atoms with Crippen LogP contribution in [0.5, 0.6) is 0 Å². The Bertz CT molecular complexity index is 344.